The number of hydrogen-bond acceptors (Lipinski definition) is 2. The maximum Gasteiger partial charge on any atom is 0.309 e. The first kappa shape index (κ1) is 13.2. The first-order valence-electron chi connectivity index (χ1n) is 7.75. The molecule has 19 heavy (non-hydrogen) atoms. The molecule has 0 bridgehead atoms. The molecule has 4 atom stereocenters. The fraction of sp³-hybridized carbons (Fsp3) is 0.824. The van der Waals surface area contributed by atoms with Gasteiger partial charge in [-0.05, 0) is 61.7 Å². The minimum Gasteiger partial charge on any atom is -0.466 e. The van der Waals surface area contributed by atoms with E-state index in [0.717, 1.165) is 19.3 Å². The van der Waals surface area contributed by atoms with Crippen LogP contribution in [0, 0.1) is 28.6 Å². The average Bonchev–Trinajstić information content (AvgIpc) is 2.84. The summed E-state index contributed by atoms with van der Waals surface area (Å²) in [6, 6.07) is 0. The lowest BCUT2D eigenvalue weighted by Crippen LogP contribution is -2.37. The van der Waals surface area contributed by atoms with Crippen LogP contribution in [0.25, 0.3) is 0 Å². The van der Waals surface area contributed by atoms with Gasteiger partial charge in [-0.3, -0.25) is 4.79 Å². The maximum absolute atomic E-state index is 12.4. The predicted molar refractivity (Wildman–Crippen MR) is 75.5 cm³/mol. The molecule has 2 heteroatoms. The van der Waals surface area contributed by atoms with Gasteiger partial charge in [0.2, 0.25) is 0 Å². The van der Waals surface area contributed by atoms with Crippen molar-refractivity contribution in [1.29, 1.82) is 0 Å². The Morgan fingerprint density at radius 1 is 1.42 bits per heavy atom. The van der Waals surface area contributed by atoms with E-state index in [1.165, 1.54) is 18.4 Å². The third-order valence-electron chi connectivity index (χ3n) is 5.96. The summed E-state index contributed by atoms with van der Waals surface area (Å²) in [7, 11) is 0. The first-order valence-corrected chi connectivity index (χ1v) is 7.75. The molecule has 0 aromatic carbocycles. The van der Waals surface area contributed by atoms with Gasteiger partial charge in [-0.2, -0.15) is 0 Å². The van der Waals surface area contributed by atoms with Gasteiger partial charge in [-0.1, -0.05) is 26.0 Å². The Labute approximate surface area is 116 Å². The molecule has 0 heterocycles. The first-order chi connectivity index (χ1) is 8.90. The minimum absolute atomic E-state index is 0.0578. The van der Waals surface area contributed by atoms with Crippen LogP contribution in [0.15, 0.2) is 12.2 Å². The quantitative estimate of drug-likeness (QED) is 0.556. The number of hydrogen-bond donors (Lipinski definition) is 0. The van der Waals surface area contributed by atoms with Crippen LogP contribution >= 0.6 is 0 Å². The van der Waals surface area contributed by atoms with Gasteiger partial charge in [-0.25, -0.2) is 0 Å². The standard InChI is InChI=1S/C17H26O2/c1-5-19-15(18)14-7-6-13-11(2)8-12-9-16(3,4)10-17(12,13)14/h12-14H,2,5-10H2,1,3-4H3. The SMILES string of the molecule is C=C1CC2CC(C)(C)CC23C1CCC3C(=O)OCC. The van der Waals surface area contributed by atoms with Crippen LogP contribution in [0.3, 0.4) is 0 Å². The van der Waals surface area contributed by atoms with Crippen molar-refractivity contribution >= 4 is 5.97 Å². The van der Waals surface area contributed by atoms with Crippen LogP contribution in [0.5, 0.6) is 0 Å². The number of rotatable bonds is 2. The van der Waals surface area contributed by atoms with Gasteiger partial charge in [0, 0.05) is 0 Å². The number of carbonyl (C=O) groups excluding carboxylic acids is 1. The zero-order chi connectivity index (χ0) is 13.8. The van der Waals surface area contributed by atoms with Crippen LogP contribution in [0.4, 0.5) is 0 Å². The van der Waals surface area contributed by atoms with E-state index in [-0.39, 0.29) is 17.3 Å². The Balaban J connectivity index is 1.97. The van der Waals surface area contributed by atoms with E-state index in [0.29, 0.717) is 23.9 Å². The maximum atomic E-state index is 12.4. The van der Waals surface area contributed by atoms with Crippen LogP contribution in [-0.2, 0) is 9.53 Å². The van der Waals surface area contributed by atoms with Crippen LogP contribution in [0.2, 0.25) is 0 Å². The molecular weight excluding hydrogens is 236 g/mol. The average molecular weight is 262 g/mol. The normalized spacial score (nSPS) is 43.1. The molecule has 0 aliphatic heterocycles. The van der Waals surface area contributed by atoms with E-state index in [9.17, 15) is 4.79 Å². The molecule has 3 aliphatic rings. The summed E-state index contributed by atoms with van der Waals surface area (Å²) in [5.41, 5.74) is 1.97. The molecular formula is C17H26O2. The minimum atomic E-state index is 0.0578. The van der Waals surface area contributed by atoms with Crippen LogP contribution in [-0.4, -0.2) is 12.6 Å². The monoisotopic (exact) mass is 262 g/mol. The van der Waals surface area contributed by atoms with E-state index in [1.807, 2.05) is 6.92 Å². The number of ether oxygens (including phenoxy) is 1. The predicted octanol–water partition coefficient (Wildman–Crippen LogP) is 3.96. The van der Waals surface area contributed by atoms with Crippen LogP contribution in [0.1, 0.15) is 52.9 Å². The van der Waals surface area contributed by atoms with Crippen molar-refractivity contribution in [3.8, 4) is 0 Å². The largest absolute Gasteiger partial charge is 0.466 e. The molecule has 0 aromatic rings. The molecule has 1 spiro atoms. The van der Waals surface area contributed by atoms with E-state index < -0.39 is 0 Å². The summed E-state index contributed by atoms with van der Waals surface area (Å²) in [6.45, 7) is 11.4. The van der Waals surface area contributed by atoms with Gasteiger partial charge in [0.15, 0.2) is 0 Å². The van der Waals surface area contributed by atoms with Crippen molar-refractivity contribution < 1.29 is 9.53 Å². The highest BCUT2D eigenvalue weighted by molar-refractivity contribution is 5.74. The number of carbonyl (C=O) groups is 1. The molecule has 3 saturated carbocycles. The van der Waals surface area contributed by atoms with E-state index in [1.54, 1.807) is 0 Å². The van der Waals surface area contributed by atoms with Crippen molar-refractivity contribution in [3.05, 3.63) is 12.2 Å². The molecule has 106 valence electrons. The number of esters is 1. The van der Waals surface area contributed by atoms with Gasteiger partial charge >= 0.3 is 5.97 Å². The molecule has 4 unspecified atom stereocenters. The van der Waals surface area contributed by atoms with Crippen molar-refractivity contribution in [2.75, 3.05) is 6.61 Å². The van der Waals surface area contributed by atoms with E-state index >= 15 is 0 Å². The second kappa shape index (κ2) is 4.10. The van der Waals surface area contributed by atoms with Gasteiger partial charge < -0.3 is 4.74 Å². The summed E-state index contributed by atoms with van der Waals surface area (Å²) >= 11 is 0. The van der Waals surface area contributed by atoms with Crippen molar-refractivity contribution in [3.63, 3.8) is 0 Å². The molecule has 2 nitrogen and oxygen atoms in total. The Bertz CT molecular complexity index is 423. The molecule has 0 N–H and O–H groups in total. The lowest BCUT2D eigenvalue weighted by molar-refractivity contribution is -0.153. The van der Waals surface area contributed by atoms with Gasteiger partial charge in [0.05, 0.1) is 12.5 Å². The van der Waals surface area contributed by atoms with E-state index in [2.05, 4.69) is 20.4 Å². The summed E-state index contributed by atoms with van der Waals surface area (Å²) in [6.07, 6.45) is 5.73. The van der Waals surface area contributed by atoms with Crippen molar-refractivity contribution in [2.24, 2.45) is 28.6 Å². The fourth-order valence-corrected chi connectivity index (χ4v) is 5.72. The lowest BCUT2D eigenvalue weighted by Gasteiger charge is -2.36. The summed E-state index contributed by atoms with van der Waals surface area (Å²) in [5, 5.41) is 0. The van der Waals surface area contributed by atoms with Gasteiger partial charge in [0.25, 0.3) is 0 Å². The Morgan fingerprint density at radius 3 is 2.84 bits per heavy atom. The number of allylic oxidation sites excluding steroid dienone is 1. The fourth-order valence-electron chi connectivity index (χ4n) is 5.72. The van der Waals surface area contributed by atoms with Crippen molar-refractivity contribution in [2.45, 2.75) is 52.9 Å². The molecule has 0 amide bonds. The molecule has 3 rings (SSSR count). The van der Waals surface area contributed by atoms with Gasteiger partial charge in [0.1, 0.15) is 0 Å². The molecule has 0 aromatic heterocycles. The molecule has 0 saturated heterocycles. The molecule has 3 fully saturated rings. The zero-order valence-electron chi connectivity index (χ0n) is 12.5. The Hall–Kier alpha value is -0.790. The molecule has 0 radical (unpaired) electrons. The lowest BCUT2D eigenvalue weighted by atomic mass is 9.68. The Kier molecular flexibility index (Phi) is 2.85. The summed E-state index contributed by atoms with van der Waals surface area (Å²) in [5.74, 6) is 1.43. The highest BCUT2D eigenvalue weighted by atomic mass is 16.5. The third kappa shape index (κ3) is 1.71. The summed E-state index contributed by atoms with van der Waals surface area (Å²) < 4.78 is 5.37. The second-order valence-electron chi connectivity index (χ2n) is 7.65. The molecule has 3 aliphatic carbocycles. The summed E-state index contributed by atoms with van der Waals surface area (Å²) in [4.78, 5) is 12.4. The second-order valence-corrected chi connectivity index (χ2v) is 7.65. The Morgan fingerprint density at radius 2 is 2.16 bits per heavy atom. The smallest absolute Gasteiger partial charge is 0.309 e. The third-order valence-corrected chi connectivity index (χ3v) is 5.96. The highest BCUT2D eigenvalue weighted by Crippen LogP contribution is 2.72. The zero-order valence-corrected chi connectivity index (χ0v) is 12.5. The highest BCUT2D eigenvalue weighted by Gasteiger charge is 2.66. The van der Waals surface area contributed by atoms with Crippen LogP contribution < -0.4 is 0 Å². The van der Waals surface area contributed by atoms with Crippen molar-refractivity contribution in [1.82, 2.24) is 0 Å². The van der Waals surface area contributed by atoms with Gasteiger partial charge in [-0.15, -0.1) is 0 Å². The topological polar surface area (TPSA) is 26.3 Å². The van der Waals surface area contributed by atoms with E-state index in [4.69, 9.17) is 4.74 Å².